The Morgan fingerprint density at radius 1 is 1.09 bits per heavy atom. The summed E-state index contributed by atoms with van der Waals surface area (Å²) < 4.78 is 12.0. The fourth-order valence-electron chi connectivity index (χ4n) is 6.06. The molecular weight excluding hydrogens is 436 g/mol. The molecule has 0 bridgehead atoms. The zero-order chi connectivity index (χ0) is 24.3. The second-order valence-corrected chi connectivity index (χ2v) is 9.78. The van der Waals surface area contributed by atoms with Gasteiger partial charge >= 0.3 is 5.97 Å². The average Bonchev–Trinajstić information content (AvgIpc) is 3.05. The Morgan fingerprint density at radius 2 is 1.88 bits per heavy atom. The van der Waals surface area contributed by atoms with Gasteiger partial charge in [0.15, 0.2) is 0 Å². The molecule has 0 aromatic heterocycles. The molecule has 180 valence electrons. The second kappa shape index (κ2) is 8.06. The number of ether oxygens (including phenoxy) is 2. The van der Waals surface area contributed by atoms with Crippen LogP contribution < -0.4 is 4.90 Å². The number of esters is 1. The molecule has 4 heterocycles. The van der Waals surface area contributed by atoms with Gasteiger partial charge in [-0.3, -0.25) is 14.4 Å². The van der Waals surface area contributed by atoms with Gasteiger partial charge in [-0.2, -0.15) is 0 Å². The van der Waals surface area contributed by atoms with Crippen LogP contribution >= 0.6 is 0 Å². The fourth-order valence-corrected chi connectivity index (χ4v) is 6.06. The van der Waals surface area contributed by atoms with Crippen LogP contribution in [-0.2, 0) is 23.9 Å². The number of likely N-dealkylation sites (tertiary alicyclic amines) is 1. The van der Waals surface area contributed by atoms with Gasteiger partial charge in [-0.15, -0.1) is 0 Å². The van der Waals surface area contributed by atoms with Gasteiger partial charge in [0.25, 0.3) is 5.91 Å². The van der Waals surface area contributed by atoms with Crippen molar-refractivity contribution in [2.45, 2.75) is 44.4 Å². The third kappa shape index (κ3) is 3.15. The molecule has 2 saturated heterocycles. The summed E-state index contributed by atoms with van der Waals surface area (Å²) in [5.74, 6) is -2.84. The van der Waals surface area contributed by atoms with Crippen LogP contribution in [0.4, 0.5) is 5.69 Å². The molecule has 1 N–H and O–H groups in total. The summed E-state index contributed by atoms with van der Waals surface area (Å²) in [5.41, 5.74) is 0.364. The minimum Gasteiger partial charge on any atom is -0.461 e. The van der Waals surface area contributed by atoms with Gasteiger partial charge in [-0.1, -0.05) is 30.4 Å². The van der Waals surface area contributed by atoms with Crippen molar-refractivity contribution in [2.24, 2.45) is 11.8 Å². The number of hydrogen-bond acceptors (Lipinski definition) is 6. The lowest BCUT2D eigenvalue weighted by molar-refractivity contribution is -0.156. The highest BCUT2D eigenvalue weighted by Crippen LogP contribution is 2.57. The van der Waals surface area contributed by atoms with E-state index in [4.69, 9.17) is 9.47 Å². The van der Waals surface area contributed by atoms with Crippen molar-refractivity contribution in [1.29, 1.82) is 0 Å². The Morgan fingerprint density at radius 3 is 2.65 bits per heavy atom. The van der Waals surface area contributed by atoms with Crippen LogP contribution in [0.5, 0.6) is 0 Å². The van der Waals surface area contributed by atoms with E-state index in [-0.39, 0.29) is 31.6 Å². The Balaban J connectivity index is 1.65. The van der Waals surface area contributed by atoms with Crippen LogP contribution in [0.25, 0.3) is 0 Å². The minimum absolute atomic E-state index is 0.119. The monoisotopic (exact) mass is 466 g/mol. The number of aryl methyl sites for hydroxylation is 2. The molecule has 2 fully saturated rings. The highest BCUT2D eigenvalue weighted by molar-refractivity contribution is 6.06. The first-order valence-electron chi connectivity index (χ1n) is 11.8. The normalized spacial score (nSPS) is 34.5. The summed E-state index contributed by atoms with van der Waals surface area (Å²) in [4.78, 5) is 44.3. The van der Waals surface area contributed by atoms with Crippen LogP contribution in [0, 0.1) is 25.7 Å². The molecule has 8 nitrogen and oxygen atoms in total. The number of hydrogen-bond donors (Lipinski definition) is 1. The SMILES string of the molecule is Cc1ccc(C)c(N2CC=C[C@]34O[C@]5(C)C=CCOC(=O)[C@@H]5[C@H]3C(=O)N(CCCO)C4C2=O)c1. The molecule has 1 spiro atoms. The van der Waals surface area contributed by atoms with E-state index in [1.165, 1.54) is 4.90 Å². The molecule has 5 rings (SSSR count). The first kappa shape index (κ1) is 22.8. The predicted octanol–water partition coefficient (Wildman–Crippen LogP) is 1.67. The molecule has 4 aliphatic rings. The Labute approximate surface area is 198 Å². The number of carbonyl (C=O) groups excluding carboxylic acids is 3. The molecule has 0 aliphatic carbocycles. The Kier molecular flexibility index (Phi) is 5.41. The zero-order valence-electron chi connectivity index (χ0n) is 19.7. The first-order chi connectivity index (χ1) is 16.2. The van der Waals surface area contributed by atoms with E-state index in [1.54, 1.807) is 24.0 Å². The zero-order valence-corrected chi connectivity index (χ0v) is 19.7. The molecule has 4 aliphatic heterocycles. The summed E-state index contributed by atoms with van der Waals surface area (Å²) in [6, 6.07) is 4.97. The van der Waals surface area contributed by atoms with Gasteiger partial charge < -0.3 is 24.4 Å². The van der Waals surface area contributed by atoms with Gasteiger partial charge in [0.2, 0.25) is 5.91 Å². The number of amides is 2. The number of nitrogens with zero attached hydrogens (tertiary/aromatic N) is 2. The molecule has 1 aromatic rings. The highest BCUT2D eigenvalue weighted by atomic mass is 16.6. The molecule has 34 heavy (non-hydrogen) atoms. The third-order valence-corrected chi connectivity index (χ3v) is 7.53. The maximum atomic E-state index is 14.2. The number of aliphatic hydroxyl groups excluding tert-OH is 1. The summed E-state index contributed by atoms with van der Waals surface area (Å²) in [6.07, 6.45) is 7.49. The number of cyclic esters (lactones) is 1. The standard InChI is InChI=1S/C26H30N2O6/c1-16-7-8-17(2)18(15-16)27-11-4-10-26-19(20-24(32)33-14-5-9-25(20,3)34-26)22(30)28(12-6-13-29)21(26)23(27)31/h4-5,7-10,15,19-21,29H,6,11-14H2,1-3H3/t19-,20-,21?,25+,26-/m0/s1. The first-order valence-corrected chi connectivity index (χ1v) is 11.8. The van der Waals surface area contributed by atoms with Crippen LogP contribution in [-0.4, -0.2) is 71.3 Å². The smallest absolute Gasteiger partial charge is 0.313 e. The Hall–Kier alpha value is -2.97. The van der Waals surface area contributed by atoms with Crippen molar-refractivity contribution >= 4 is 23.5 Å². The van der Waals surface area contributed by atoms with Gasteiger partial charge in [0.1, 0.15) is 24.2 Å². The maximum absolute atomic E-state index is 14.2. The number of fused-ring (bicyclic) bond motifs is 2. The quantitative estimate of drug-likeness (QED) is 0.536. The lowest BCUT2D eigenvalue weighted by atomic mass is 9.75. The van der Waals surface area contributed by atoms with E-state index in [1.807, 2.05) is 44.2 Å². The fraction of sp³-hybridized carbons (Fsp3) is 0.500. The molecule has 5 atom stereocenters. The molecular formula is C26H30N2O6. The van der Waals surface area contributed by atoms with E-state index in [0.717, 1.165) is 16.8 Å². The van der Waals surface area contributed by atoms with Gasteiger partial charge in [0, 0.05) is 25.4 Å². The number of anilines is 1. The second-order valence-electron chi connectivity index (χ2n) is 9.78. The molecule has 1 aromatic carbocycles. The van der Waals surface area contributed by atoms with E-state index in [2.05, 4.69) is 0 Å². The maximum Gasteiger partial charge on any atom is 0.313 e. The third-order valence-electron chi connectivity index (χ3n) is 7.53. The van der Waals surface area contributed by atoms with Crippen LogP contribution in [0.3, 0.4) is 0 Å². The minimum atomic E-state index is -1.31. The molecule has 1 unspecified atom stereocenters. The average molecular weight is 467 g/mol. The number of benzene rings is 1. The summed E-state index contributed by atoms with van der Waals surface area (Å²) in [7, 11) is 0. The van der Waals surface area contributed by atoms with Crippen molar-refractivity contribution in [2.75, 3.05) is 31.2 Å². The van der Waals surface area contributed by atoms with E-state index in [0.29, 0.717) is 13.0 Å². The van der Waals surface area contributed by atoms with Crippen molar-refractivity contribution in [3.8, 4) is 0 Å². The van der Waals surface area contributed by atoms with E-state index in [9.17, 15) is 19.5 Å². The van der Waals surface area contributed by atoms with Gasteiger partial charge in [-0.05, 0) is 50.5 Å². The van der Waals surface area contributed by atoms with Crippen molar-refractivity contribution < 1.29 is 29.0 Å². The van der Waals surface area contributed by atoms with Gasteiger partial charge in [0.05, 0.1) is 11.5 Å². The highest BCUT2D eigenvalue weighted by Gasteiger charge is 2.74. The molecule has 8 heteroatoms. The summed E-state index contributed by atoms with van der Waals surface area (Å²) >= 11 is 0. The number of aliphatic hydroxyl groups is 1. The van der Waals surface area contributed by atoms with Crippen molar-refractivity contribution in [1.82, 2.24) is 4.90 Å². The topological polar surface area (TPSA) is 96.4 Å². The predicted molar refractivity (Wildman–Crippen MR) is 124 cm³/mol. The Bertz CT molecular complexity index is 1110. The molecule has 0 saturated carbocycles. The van der Waals surface area contributed by atoms with Crippen LogP contribution in [0.15, 0.2) is 42.5 Å². The van der Waals surface area contributed by atoms with E-state index >= 15 is 0 Å². The lowest BCUT2D eigenvalue weighted by Gasteiger charge is -2.37. The number of carbonyl (C=O) groups is 3. The van der Waals surface area contributed by atoms with Crippen molar-refractivity contribution in [3.05, 3.63) is 53.6 Å². The number of rotatable bonds is 4. The molecule has 0 radical (unpaired) electrons. The van der Waals surface area contributed by atoms with Gasteiger partial charge in [-0.25, -0.2) is 0 Å². The van der Waals surface area contributed by atoms with E-state index < -0.39 is 35.0 Å². The van der Waals surface area contributed by atoms with Crippen LogP contribution in [0.2, 0.25) is 0 Å². The summed E-state index contributed by atoms with van der Waals surface area (Å²) in [5, 5.41) is 9.47. The summed E-state index contributed by atoms with van der Waals surface area (Å²) in [6.45, 7) is 6.21. The van der Waals surface area contributed by atoms with Crippen LogP contribution in [0.1, 0.15) is 24.5 Å². The largest absolute Gasteiger partial charge is 0.461 e. The molecule has 2 amide bonds. The van der Waals surface area contributed by atoms with Crippen molar-refractivity contribution in [3.63, 3.8) is 0 Å². The lowest BCUT2D eigenvalue weighted by Crippen LogP contribution is -2.56.